The number of benzene rings is 1. The highest BCUT2D eigenvalue weighted by atomic mass is 19.4. The van der Waals surface area contributed by atoms with Crippen LogP contribution >= 0.6 is 0 Å². The Balaban J connectivity index is 0.00000106. The third-order valence-corrected chi connectivity index (χ3v) is 3.56. The second-order valence-corrected chi connectivity index (χ2v) is 5.07. The number of nitrogens with zero attached hydrogens (tertiary/aromatic N) is 1. The molecular weight excluding hydrogens is 277 g/mol. The van der Waals surface area contributed by atoms with Crippen LogP contribution in [0.4, 0.5) is 18.9 Å². The van der Waals surface area contributed by atoms with Gasteiger partial charge in [-0.3, -0.25) is 0 Å². The molecule has 2 nitrogen and oxygen atoms in total. The van der Waals surface area contributed by atoms with E-state index in [0.29, 0.717) is 12.0 Å². The third kappa shape index (κ3) is 5.58. The van der Waals surface area contributed by atoms with E-state index < -0.39 is 11.7 Å². The normalized spacial score (nSPS) is 15.7. The van der Waals surface area contributed by atoms with Gasteiger partial charge in [-0.25, -0.2) is 0 Å². The Bertz CT molecular complexity index is 424. The van der Waals surface area contributed by atoms with E-state index in [2.05, 4.69) is 4.90 Å². The van der Waals surface area contributed by atoms with Crippen molar-refractivity contribution >= 4 is 5.69 Å². The largest absolute Gasteiger partial charge is 0.416 e. The van der Waals surface area contributed by atoms with Crippen LogP contribution in [0, 0.1) is 0 Å². The van der Waals surface area contributed by atoms with Crippen LogP contribution in [0.3, 0.4) is 0 Å². The molecule has 5 heteroatoms. The molecule has 0 aromatic heterocycles. The number of aryl methyl sites for hydroxylation is 1. The van der Waals surface area contributed by atoms with Crippen molar-refractivity contribution in [3.05, 3.63) is 29.3 Å². The molecule has 1 aromatic carbocycles. The first-order valence-electron chi connectivity index (χ1n) is 7.65. The van der Waals surface area contributed by atoms with Crippen molar-refractivity contribution in [2.45, 2.75) is 45.7 Å². The van der Waals surface area contributed by atoms with E-state index >= 15 is 0 Å². The summed E-state index contributed by atoms with van der Waals surface area (Å²) in [4.78, 5) is 2.31. The Morgan fingerprint density at radius 2 is 1.76 bits per heavy atom. The highest BCUT2D eigenvalue weighted by Crippen LogP contribution is 2.33. The number of anilines is 1. The lowest BCUT2D eigenvalue weighted by Crippen LogP contribution is -2.21. The molecule has 1 aliphatic heterocycles. The maximum absolute atomic E-state index is 12.9. The summed E-state index contributed by atoms with van der Waals surface area (Å²) in [5.74, 6) is 0. The summed E-state index contributed by atoms with van der Waals surface area (Å²) in [6.07, 6.45) is -0.706. The minimum atomic E-state index is -4.32. The van der Waals surface area contributed by atoms with Crippen molar-refractivity contribution in [2.24, 2.45) is 0 Å². The molecule has 120 valence electrons. The smallest absolute Gasteiger partial charge is 0.399 e. The molecule has 0 atom stereocenters. The van der Waals surface area contributed by atoms with Crippen LogP contribution in [-0.2, 0) is 12.6 Å². The van der Waals surface area contributed by atoms with E-state index in [1.54, 1.807) is 6.07 Å². The van der Waals surface area contributed by atoms with Gasteiger partial charge in [-0.05, 0) is 63.0 Å². The molecule has 2 N–H and O–H groups in total. The zero-order valence-electron chi connectivity index (χ0n) is 12.8. The van der Waals surface area contributed by atoms with Gasteiger partial charge in [0.15, 0.2) is 0 Å². The molecule has 1 heterocycles. The minimum absolute atomic E-state index is 0.163. The highest BCUT2D eigenvalue weighted by molar-refractivity contribution is 5.46. The first-order chi connectivity index (χ1) is 9.97. The summed E-state index contributed by atoms with van der Waals surface area (Å²) in [6.45, 7) is 7.03. The standard InChI is InChI=1S/C14H19F3N2.C2H6/c15-14(16,17)13-10-12(18)6-5-11(13)4-3-9-19-7-1-2-8-19;1-2/h5-6,10H,1-4,7-9,18H2;1-2H3. The molecule has 0 unspecified atom stereocenters. The summed E-state index contributed by atoms with van der Waals surface area (Å²) < 4.78 is 38.7. The van der Waals surface area contributed by atoms with Crippen molar-refractivity contribution in [3.63, 3.8) is 0 Å². The van der Waals surface area contributed by atoms with E-state index in [-0.39, 0.29) is 5.69 Å². The molecule has 1 saturated heterocycles. The average molecular weight is 302 g/mol. The van der Waals surface area contributed by atoms with Gasteiger partial charge in [-0.2, -0.15) is 13.2 Å². The van der Waals surface area contributed by atoms with E-state index in [9.17, 15) is 13.2 Å². The van der Waals surface area contributed by atoms with Crippen molar-refractivity contribution in [1.82, 2.24) is 4.90 Å². The first-order valence-corrected chi connectivity index (χ1v) is 7.65. The number of nitrogen functional groups attached to an aromatic ring is 1. The molecule has 0 amide bonds. The van der Waals surface area contributed by atoms with Gasteiger partial charge < -0.3 is 10.6 Å². The molecule has 1 aliphatic rings. The maximum atomic E-state index is 12.9. The van der Waals surface area contributed by atoms with E-state index in [4.69, 9.17) is 5.73 Å². The Labute approximate surface area is 125 Å². The Kier molecular flexibility index (Phi) is 7.02. The fourth-order valence-electron chi connectivity index (χ4n) is 2.58. The molecule has 0 aliphatic carbocycles. The zero-order valence-corrected chi connectivity index (χ0v) is 12.8. The zero-order chi connectivity index (χ0) is 15.9. The summed E-state index contributed by atoms with van der Waals surface area (Å²) in [5.41, 5.74) is 5.37. The van der Waals surface area contributed by atoms with Gasteiger partial charge in [-0.15, -0.1) is 0 Å². The summed E-state index contributed by atoms with van der Waals surface area (Å²) in [6, 6.07) is 4.08. The molecule has 2 rings (SSSR count). The van der Waals surface area contributed by atoms with Gasteiger partial charge in [0.2, 0.25) is 0 Å². The second-order valence-electron chi connectivity index (χ2n) is 5.07. The SMILES string of the molecule is CC.Nc1ccc(CCCN2CCCC2)c(C(F)(F)F)c1. The number of likely N-dealkylation sites (tertiary alicyclic amines) is 1. The van der Waals surface area contributed by atoms with Gasteiger partial charge >= 0.3 is 6.18 Å². The van der Waals surface area contributed by atoms with Crippen LogP contribution in [-0.4, -0.2) is 24.5 Å². The van der Waals surface area contributed by atoms with Crippen molar-refractivity contribution in [3.8, 4) is 0 Å². The number of nitrogens with two attached hydrogens (primary N) is 1. The molecule has 1 aromatic rings. The van der Waals surface area contributed by atoms with E-state index in [0.717, 1.165) is 32.1 Å². The molecule has 1 fully saturated rings. The molecule has 0 radical (unpaired) electrons. The van der Waals surface area contributed by atoms with Gasteiger partial charge in [0.1, 0.15) is 0 Å². The molecule has 0 spiro atoms. The van der Waals surface area contributed by atoms with Crippen molar-refractivity contribution < 1.29 is 13.2 Å². The van der Waals surface area contributed by atoms with Crippen molar-refractivity contribution in [2.75, 3.05) is 25.4 Å². The summed E-state index contributed by atoms with van der Waals surface area (Å²) in [7, 11) is 0. The first kappa shape index (κ1) is 17.8. The number of halogens is 3. The van der Waals surface area contributed by atoms with Gasteiger partial charge in [-0.1, -0.05) is 19.9 Å². The Hall–Kier alpha value is -1.23. The number of hydrogen-bond donors (Lipinski definition) is 1. The quantitative estimate of drug-likeness (QED) is 0.838. The topological polar surface area (TPSA) is 29.3 Å². The van der Waals surface area contributed by atoms with Crippen LogP contribution < -0.4 is 5.73 Å². The maximum Gasteiger partial charge on any atom is 0.416 e. The number of rotatable bonds is 4. The summed E-state index contributed by atoms with van der Waals surface area (Å²) in [5, 5.41) is 0. The number of alkyl halides is 3. The monoisotopic (exact) mass is 302 g/mol. The third-order valence-electron chi connectivity index (χ3n) is 3.56. The predicted octanol–water partition coefficient (Wildman–Crippen LogP) is 4.34. The lowest BCUT2D eigenvalue weighted by Gasteiger charge is -2.16. The average Bonchev–Trinajstić information content (AvgIpc) is 2.95. The molecule has 0 saturated carbocycles. The number of hydrogen-bond acceptors (Lipinski definition) is 2. The lowest BCUT2D eigenvalue weighted by atomic mass is 10.0. The highest BCUT2D eigenvalue weighted by Gasteiger charge is 2.33. The minimum Gasteiger partial charge on any atom is -0.399 e. The predicted molar refractivity (Wildman–Crippen MR) is 81.2 cm³/mol. The van der Waals surface area contributed by atoms with Crippen LogP contribution in [0.2, 0.25) is 0 Å². The van der Waals surface area contributed by atoms with Crippen LogP contribution in [0.15, 0.2) is 18.2 Å². The van der Waals surface area contributed by atoms with Gasteiger partial charge in [0.05, 0.1) is 5.56 Å². The lowest BCUT2D eigenvalue weighted by molar-refractivity contribution is -0.138. The molecular formula is C16H25F3N2. The molecule has 0 bridgehead atoms. The van der Waals surface area contributed by atoms with Crippen LogP contribution in [0.5, 0.6) is 0 Å². The van der Waals surface area contributed by atoms with E-state index in [1.807, 2.05) is 13.8 Å². The summed E-state index contributed by atoms with van der Waals surface area (Å²) >= 11 is 0. The van der Waals surface area contributed by atoms with E-state index in [1.165, 1.54) is 18.9 Å². The Morgan fingerprint density at radius 1 is 1.14 bits per heavy atom. The fourth-order valence-corrected chi connectivity index (χ4v) is 2.58. The Morgan fingerprint density at radius 3 is 2.33 bits per heavy atom. The van der Waals surface area contributed by atoms with Crippen LogP contribution in [0.1, 0.15) is 44.2 Å². The second kappa shape index (κ2) is 8.27. The fraction of sp³-hybridized carbons (Fsp3) is 0.625. The molecule has 21 heavy (non-hydrogen) atoms. The van der Waals surface area contributed by atoms with Gasteiger partial charge in [0.25, 0.3) is 0 Å². The van der Waals surface area contributed by atoms with Crippen LogP contribution in [0.25, 0.3) is 0 Å². The van der Waals surface area contributed by atoms with Crippen molar-refractivity contribution in [1.29, 1.82) is 0 Å². The van der Waals surface area contributed by atoms with Gasteiger partial charge in [0, 0.05) is 5.69 Å².